The molecule has 0 aliphatic heterocycles. The SMILES string of the molecule is COCCn1c(Cl)c(C(=O)O)c2cc(F)ccc21. The van der Waals surface area contributed by atoms with E-state index in [0.29, 0.717) is 24.1 Å². The van der Waals surface area contributed by atoms with Crippen LogP contribution in [0.3, 0.4) is 0 Å². The van der Waals surface area contributed by atoms with Crippen molar-refractivity contribution in [2.24, 2.45) is 0 Å². The van der Waals surface area contributed by atoms with Gasteiger partial charge in [-0.2, -0.15) is 0 Å². The van der Waals surface area contributed by atoms with E-state index in [1.54, 1.807) is 4.57 Å². The second-order valence-corrected chi connectivity index (χ2v) is 4.13. The highest BCUT2D eigenvalue weighted by Crippen LogP contribution is 2.30. The van der Waals surface area contributed by atoms with Crippen LogP contribution in [0.15, 0.2) is 18.2 Å². The van der Waals surface area contributed by atoms with E-state index in [4.69, 9.17) is 21.4 Å². The highest BCUT2D eigenvalue weighted by Gasteiger charge is 2.21. The van der Waals surface area contributed by atoms with Crippen molar-refractivity contribution < 1.29 is 19.0 Å². The summed E-state index contributed by atoms with van der Waals surface area (Å²) >= 11 is 6.04. The number of rotatable bonds is 4. The lowest BCUT2D eigenvalue weighted by molar-refractivity contribution is 0.0699. The first-order valence-corrected chi connectivity index (χ1v) is 5.63. The largest absolute Gasteiger partial charge is 0.478 e. The third-order valence-corrected chi connectivity index (χ3v) is 3.09. The Balaban J connectivity index is 2.70. The van der Waals surface area contributed by atoms with Crippen molar-refractivity contribution in [1.29, 1.82) is 0 Å². The molecule has 0 unspecified atom stereocenters. The van der Waals surface area contributed by atoms with Crippen LogP contribution in [0, 0.1) is 5.82 Å². The molecular formula is C12H11ClFNO3. The van der Waals surface area contributed by atoms with Crippen LogP contribution in [-0.4, -0.2) is 29.4 Å². The molecule has 1 heterocycles. The molecule has 1 aromatic carbocycles. The monoisotopic (exact) mass is 271 g/mol. The van der Waals surface area contributed by atoms with E-state index in [2.05, 4.69) is 0 Å². The molecule has 0 radical (unpaired) electrons. The maximum Gasteiger partial charge on any atom is 0.339 e. The minimum Gasteiger partial charge on any atom is -0.478 e. The van der Waals surface area contributed by atoms with Crippen molar-refractivity contribution >= 4 is 28.5 Å². The third-order valence-electron chi connectivity index (χ3n) is 2.69. The number of carboxylic acid groups (broad SMARTS) is 1. The Morgan fingerprint density at radius 3 is 2.89 bits per heavy atom. The number of aromatic nitrogens is 1. The molecule has 0 aliphatic rings. The summed E-state index contributed by atoms with van der Waals surface area (Å²) in [4.78, 5) is 11.2. The summed E-state index contributed by atoms with van der Waals surface area (Å²) in [5, 5.41) is 9.52. The van der Waals surface area contributed by atoms with Crippen LogP contribution < -0.4 is 0 Å². The minimum absolute atomic E-state index is 0.0812. The lowest BCUT2D eigenvalue weighted by Gasteiger charge is -2.05. The number of carbonyl (C=O) groups is 1. The van der Waals surface area contributed by atoms with Gasteiger partial charge < -0.3 is 14.4 Å². The molecule has 1 N–H and O–H groups in total. The number of ether oxygens (including phenoxy) is 1. The molecule has 2 rings (SSSR count). The fourth-order valence-electron chi connectivity index (χ4n) is 1.90. The van der Waals surface area contributed by atoms with E-state index in [0.717, 1.165) is 0 Å². The van der Waals surface area contributed by atoms with Crippen molar-refractivity contribution in [2.75, 3.05) is 13.7 Å². The lowest BCUT2D eigenvalue weighted by atomic mass is 10.2. The summed E-state index contributed by atoms with van der Waals surface area (Å²) in [6.45, 7) is 0.796. The van der Waals surface area contributed by atoms with Crippen molar-refractivity contribution in [3.05, 3.63) is 34.7 Å². The van der Waals surface area contributed by atoms with Gasteiger partial charge in [-0.1, -0.05) is 11.6 Å². The first kappa shape index (κ1) is 12.9. The molecule has 0 amide bonds. The van der Waals surface area contributed by atoms with Crippen LogP contribution in [0.1, 0.15) is 10.4 Å². The van der Waals surface area contributed by atoms with E-state index in [1.165, 1.54) is 25.3 Å². The number of hydrogen-bond donors (Lipinski definition) is 1. The average molecular weight is 272 g/mol. The predicted molar refractivity (Wildman–Crippen MR) is 65.7 cm³/mol. The molecule has 6 heteroatoms. The van der Waals surface area contributed by atoms with Crippen LogP contribution in [0.25, 0.3) is 10.9 Å². The number of hydrogen-bond acceptors (Lipinski definition) is 2. The maximum absolute atomic E-state index is 13.2. The van der Waals surface area contributed by atoms with Crippen LogP contribution in [0.5, 0.6) is 0 Å². The van der Waals surface area contributed by atoms with Gasteiger partial charge in [0.15, 0.2) is 0 Å². The van der Waals surface area contributed by atoms with E-state index in [9.17, 15) is 9.18 Å². The summed E-state index contributed by atoms with van der Waals surface area (Å²) in [7, 11) is 1.54. The number of nitrogens with zero attached hydrogens (tertiary/aromatic N) is 1. The zero-order valence-corrected chi connectivity index (χ0v) is 10.4. The quantitative estimate of drug-likeness (QED) is 0.930. The minimum atomic E-state index is -1.17. The molecule has 4 nitrogen and oxygen atoms in total. The number of carboxylic acids is 1. The normalized spacial score (nSPS) is 11.1. The Morgan fingerprint density at radius 1 is 1.56 bits per heavy atom. The molecule has 0 atom stereocenters. The number of fused-ring (bicyclic) bond motifs is 1. The van der Waals surface area contributed by atoms with E-state index < -0.39 is 11.8 Å². The first-order chi connectivity index (χ1) is 8.56. The van der Waals surface area contributed by atoms with E-state index in [-0.39, 0.29) is 10.7 Å². The Kier molecular flexibility index (Phi) is 3.54. The number of halogens is 2. The van der Waals surface area contributed by atoms with Crippen LogP contribution in [-0.2, 0) is 11.3 Å². The van der Waals surface area contributed by atoms with Crippen molar-refractivity contribution in [3.63, 3.8) is 0 Å². The molecule has 0 bridgehead atoms. The predicted octanol–water partition coefficient (Wildman–Crippen LogP) is 2.78. The smallest absolute Gasteiger partial charge is 0.339 e. The summed E-state index contributed by atoms with van der Waals surface area (Å²) in [5.74, 6) is -1.67. The van der Waals surface area contributed by atoms with Crippen LogP contribution >= 0.6 is 11.6 Å². The first-order valence-electron chi connectivity index (χ1n) is 5.25. The highest BCUT2D eigenvalue weighted by molar-refractivity contribution is 6.35. The molecule has 0 spiro atoms. The van der Waals surface area contributed by atoms with Gasteiger partial charge in [0.25, 0.3) is 0 Å². The van der Waals surface area contributed by atoms with E-state index in [1.807, 2.05) is 0 Å². The zero-order valence-electron chi connectivity index (χ0n) is 9.61. The Labute approximate surface area is 108 Å². The van der Waals surface area contributed by atoms with Crippen molar-refractivity contribution in [3.8, 4) is 0 Å². The summed E-state index contributed by atoms with van der Waals surface area (Å²) in [6, 6.07) is 3.96. The summed E-state index contributed by atoms with van der Waals surface area (Å²) in [6.07, 6.45) is 0. The standard InChI is InChI=1S/C12H11ClFNO3/c1-18-5-4-15-9-3-2-7(14)6-8(9)10(11(15)13)12(16)17/h2-3,6H,4-5H2,1H3,(H,16,17). The molecule has 0 fully saturated rings. The Hall–Kier alpha value is -1.59. The van der Waals surface area contributed by atoms with Gasteiger partial charge in [-0.3, -0.25) is 0 Å². The van der Waals surface area contributed by atoms with Gasteiger partial charge in [-0.25, -0.2) is 9.18 Å². The number of benzene rings is 1. The van der Waals surface area contributed by atoms with Crippen molar-refractivity contribution in [2.45, 2.75) is 6.54 Å². The molecule has 1 aromatic heterocycles. The second-order valence-electron chi connectivity index (χ2n) is 3.78. The lowest BCUT2D eigenvalue weighted by Crippen LogP contribution is -2.05. The molecule has 18 heavy (non-hydrogen) atoms. The average Bonchev–Trinajstić information content (AvgIpc) is 2.58. The Bertz CT molecular complexity index is 609. The molecule has 0 saturated carbocycles. The number of aromatic carboxylic acids is 1. The van der Waals surface area contributed by atoms with Gasteiger partial charge in [0.05, 0.1) is 12.1 Å². The van der Waals surface area contributed by atoms with Gasteiger partial charge in [0, 0.05) is 19.0 Å². The zero-order chi connectivity index (χ0) is 13.3. The van der Waals surface area contributed by atoms with Gasteiger partial charge in [-0.15, -0.1) is 0 Å². The third kappa shape index (κ3) is 2.07. The highest BCUT2D eigenvalue weighted by atomic mass is 35.5. The molecular weight excluding hydrogens is 261 g/mol. The molecule has 0 aliphatic carbocycles. The molecule has 96 valence electrons. The van der Waals surface area contributed by atoms with Gasteiger partial charge in [0.2, 0.25) is 0 Å². The molecule has 0 saturated heterocycles. The summed E-state index contributed by atoms with van der Waals surface area (Å²) in [5.41, 5.74) is 0.498. The van der Waals surface area contributed by atoms with Gasteiger partial charge in [-0.05, 0) is 18.2 Å². The van der Waals surface area contributed by atoms with Crippen molar-refractivity contribution in [1.82, 2.24) is 4.57 Å². The maximum atomic E-state index is 13.2. The van der Waals surface area contributed by atoms with Crippen LogP contribution in [0.4, 0.5) is 4.39 Å². The fourth-order valence-corrected chi connectivity index (χ4v) is 2.26. The van der Waals surface area contributed by atoms with Gasteiger partial charge >= 0.3 is 5.97 Å². The second kappa shape index (κ2) is 4.96. The fraction of sp³-hybridized carbons (Fsp3) is 0.250. The Morgan fingerprint density at radius 2 is 2.28 bits per heavy atom. The topological polar surface area (TPSA) is 51.5 Å². The summed E-state index contributed by atoms with van der Waals surface area (Å²) < 4.78 is 19.7. The van der Waals surface area contributed by atoms with Gasteiger partial charge in [0.1, 0.15) is 16.5 Å². The van der Waals surface area contributed by atoms with E-state index >= 15 is 0 Å². The van der Waals surface area contributed by atoms with Crippen LogP contribution in [0.2, 0.25) is 5.15 Å². The number of methoxy groups -OCH3 is 1. The molecule has 2 aromatic rings.